The van der Waals surface area contributed by atoms with Gasteiger partial charge in [-0.05, 0) is 43.7 Å². The summed E-state index contributed by atoms with van der Waals surface area (Å²) < 4.78 is 32.8. The maximum Gasteiger partial charge on any atom is 0.256 e. The van der Waals surface area contributed by atoms with E-state index in [1.807, 2.05) is 0 Å². The number of nitrogens with zero attached hydrogens (tertiary/aromatic N) is 2. The van der Waals surface area contributed by atoms with Crippen LogP contribution in [0.4, 0.5) is 8.78 Å². The van der Waals surface area contributed by atoms with Crippen molar-refractivity contribution in [3.63, 3.8) is 0 Å². The van der Waals surface area contributed by atoms with Crippen molar-refractivity contribution in [3.8, 4) is 0 Å². The van der Waals surface area contributed by atoms with Gasteiger partial charge in [-0.1, -0.05) is 12.8 Å². The largest absolute Gasteiger partial charge is 0.376 e. The summed E-state index contributed by atoms with van der Waals surface area (Å²) in [5.41, 5.74) is -0.114. The lowest BCUT2D eigenvalue weighted by Gasteiger charge is -2.41. The molecular weight excluding hydrogens is 404 g/mol. The quantitative estimate of drug-likeness (QED) is 0.746. The summed E-state index contributed by atoms with van der Waals surface area (Å²) in [5.74, 6) is -1.61. The number of hydrogen-bond donors (Lipinski definition) is 1. The molecule has 0 spiro atoms. The van der Waals surface area contributed by atoms with Crippen molar-refractivity contribution >= 4 is 11.8 Å². The van der Waals surface area contributed by atoms with Crippen molar-refractivity contribution in [3.05, 3.63) is 35.4 Å². The number of carbonyl (C=O) groups is 2. The Morgan fingerprint density at radius 3 is 2.45 bits per heavy atom. The van der Waals surface area contributed by atoms with E-state index in [0.717, 1.165) is 57.3 Å². The fourth-order valence-electron chi connectivity index (χ4n) is 5.11. The molecule has 1 aromatic carbocycles. The zero-order valence-corrected chi connectivity index (χ0v) is 17.8. The van der Waals surface area contributed by atoms with Crippen molar-refractivity contribution in [1.29, 1.82) is 0 Å². The minimum Gasteiger partial charge on any atom is -0.376 e. The lowest BCUT2D eigenvalue weighted by Crippen LogP contribution is -2.58. The molecule has 2 heterocycles. The normalized spacial score (nSPS) is 23.8. The van der Waals surface area contributed by atoms with Crippen molar-refractivity contribution in [2.45, 2.75) is 50.7 Å². The first-order chi connectivity index (χ1) is 15.0. The molecule has 0 radical (unpaired) electrons. The Labute approximate surface area is 181 Å². The molecule has 2 amide bonds. The van der Waals surface area contributed by atoms with Gasteiger partial charge in [-0.15, -0.1) is 0 Å². The van der Waals surface area contributed by atoms with E-state index < -0.39 is 17.5 Å². The molecule has 2 atom stereocenters. The van der Waals surface area contributed by atoms with Gasteiger partial charge in [-0.3, -0.25) is 14.5 Å². The van der Waals surface area contributed by atoms with Crippen LogP contribution in [0.3, 0.4) is 0 Å². The number of amides is 2. The van der Waals surface area contributed by atoms with E-state index in [4.69, 9.17) is 4.74 Å². The molecular formula is C23H31F2N3O3. The van der Waals surface area contributed by atoms with Crippen molar-refractivity contribution in [2.24, 2.45) is 5.92 Å². The van der Waals surface area contributed by atoms with Gasteiger partial charge in [0.25, 0.3) is 5.91 Å². The van der Waals surface area contributed by atoms with Crippen LogP contribution in [-0.2, 0) is 9.53 Å². The van der Waals surface area contributed by atoms with Gasteiger partial charge in [-0.25, -0.2) is 8.78 Å². The van der Waals surface area contributed by atoms with E-state index >= 15 is 0 Å². The first kappa shape index (κ1) is 22.1. The van der Waals surface area contributed by atoms with Crippen molar-refractivity contribution < 1.29 is 23.1 Å². The van der Waals surface area contributed by atoms with E-state index in [1.165, 1.54) is 6.07 Å². The predicted octanol–water partition coefficient (Wildman–Crippen LogP) is 2.58. The maximum absolute atomic E-state index is 14.0. The van der Waals surface area contributed by atoms with Crippen LogP contribution >= 0.6 is 0 Å². The van der Waals surface area contributed by atoms with Crippen LogP contribution in [0.5, 0.6) is 0 Å². The molecule has 0 bridgehead atoms. The first-order valence-corrected chi connectivity index (χ1v) is 11.4. The van der Waals surface area contributed by atoms with E-state index in [0.29, 0.717) is 38.6 Å². The van der Waals surface area contributed by atoms with E-state index in [-0.39, 0.29) is 23.6 Å². The summed E-state index contributed by atoms with van der Waals surface area (Å²) >= 11 is 0. The lowest BCUT2D eigenvalue weighted by atomic mass is 9.94. The molecule has 31 heavy (non-hydrogen) atoms. The SMILES string of the molecule is O=C(NCC1CCCO1)C(C1CCCC1)N1CCN(C(=O)c2ccc(F)cc2F)CC1. The molecule has 2 unspecified atom stereocenters. The molecule has 1 aromatic rings. The fraction of sp³-hybridized carbons (Fsp3) is 0.652. The number of rotatable bonds is 6. The Balaban J connectivity index is 1.37. The molecule has 8 heteroatoms. The summed E-state index contributed by atoms with van der Waals surface area (Å²) in [5, 5.41) is 3.10. The Hall–Kier alpha value is -2.06. The second-order valence-electron chi connectivity index (χ2n) is 8.82. The van der Waals surface area contributed by atoms with Crippen LogP contribution in [-0.4, -0.2) is 73.1 Å². The summed E-state index contributed by atoms with van der Waals surface area (Å²) in [7, 11) is 0. The first-order valence-electron chi connectivity index (χ1n) is 11.4. The van der Waals surface area contributed by atoms with Gasteiger partial charge in [0.15, 0.2) is 0 Å². The molecule has 3 aliphatic rings. The van der Waals surface area contributed by atoms with Gasteiger partial charge >= 0.3 is 0 Å². The molecule has 0 aromatic heterocycles. The highest BCUT2D eigenvalue weighted by atomic mass is 19.1. The Morgan fingerprint density at radius 2 is 1.81 bits per heavy atom. The zero-order chi connectivity index (χ0) is 21.8. The number of carbonyl (C=O) groups excluding carboxylic acids is 2. The summed E-state index contributed by atoms with van der Waals surface area (Å²) in [4.78, 5) is 29.6. The molecule has 1 saturated carbocycles. The third-order valence-corrected chi connectivity index (χ3v) is 6.80. The summed E-state index contributed by atoms with van der Waals surface area (Å²) in [6, 6.07) is 2.82. The highest BCUT2D eigenvalue weighted by molar-refractivity contribution is 5.94. The third-order valence-electron chi connectivity index (χ3n) is 6.80. The van der Waals surface area contributed by atoms with Crippen molar-refractivity contribution in [2.75, 3.05) is 39.3 Å². The van der Waals surface area contributed by atoms with Crippen LogP contribution in [0, 0.1) is 17.6 Å². The molecule has 6 nitrogen and oxygen atoms in total. The van der Waals surface area contributed by atoms with Gasteiger partial charge in [0.1, 0.15) is 11.6 Å². The van der Waals surface area contributed by atoms with Crippen LogP contribution in [0.25, 0.3) is 0 Å². The Morgan fingerprint density at radius 1 is 1.06 bits per heavy atom. The second-order valence-corrected chi connectivity index (χ2v) is 8.82. The van der Waals surface area contributed by atoms with E-state index in [9.17, 15) is 18.4 Å². The van der Waals surface area contributed by atoms with Crippen LogP contribution in [0.1, 0.15) is 48.9 Å². The average molecular weight is 436 g/mol. The summed E-state index contributed by atoms with van der Waals surface area (Å²) in [6.45, 7) is 3.25. The predicted molar refractivity (Wildman–Crippen MR) is 112 cm³/mol. The highest BCUT2D eigenvalue weighted by Crippen LogP contribution is 2.31. The minimum atomic E-state index is -0.843. The van der Waals surface area contributed by atoms with Gasteiger partial charge < -0.3 is 15.0 Å². The monoisotopic (exact) mass is 435 g/mol. The molecule has 3 fully saturated rings. The Kier molecular flexibility index (Phi) is 7.17. The smallest absolute Gasteiger partial charge is 0.256 e. The molecule has 170 valence electrons. The molecule has 2 saturated heterocycles. The van der Waals surface area contributed by atoms with Gasteiger partial charge in [0.05, 0.1) is 17.7 Å². The lowest BCUT2D eigenvalue weighted by molar-refractivity contribution is -0.129. The standard InChI is InChI=1S/C23H31F2N3O3/c24-17-7-8-19(20(25)14-17)23(30)28-11-9-27(10-12-28)21(16-4-1-2-5-16)22(29)26-15-18-6-3-13-31-18/h7-8,14,16,18,21H,1-6,9-13,15H2,(H,26,29). The van der Waals surface area contributed by atoms with Gasteiger partial charge in [-0.2, -0.15) is 0 Å². The number of ether oxygens (including phenoxy) is 1. The number of hydrogen-bond acceptors (Lipinski definition) is 4. The molecule has 1 aliphatic carbocycles. The molecule has 2 aliphatic heterocycles. The third kappa shape index (κ3) is 5.23. The van der Waals surface area contributed by atoms with Crippen molar-refractivity contribution in [1.82, 2.24) is 15.1 Å². The molecule has 4 rings (SSSR count). The van der Waals surface area contributed by atoms with Crippen LogP contribution in [0.15, 0.2) is 18.2 Å². The van der Waals surface area contributed by atoms with E-state index in [1.54, 1.807) is 4.90 Å². The van der Waals surface area contributed by atoms with Gasteiger partial charge in [0.2, 0.25) is 5.91 Å². The van der Waals surface area contributed by atoms with E-state index in [2.05, 4.69) is 10.2 Å². The maximum atomic E-state index is 14.0. The highest BCUT2D eigenvalue weighted by Gasteiger charge is 2.37. The summed E-state index contributed by atoms with van der Waals surface area (Å²) in [6.07, 6.45) is 6.49. The number of piperazine rings is 1. The molecule has 1 N–H and O–H groups in total. The number of nitrogens with one attached hydrogen (secondary N) is 1. The second kappa shape index (κ2) is 10.0. The van der Waals surface area contributed by atoms with Gasteiger partial charge in [0, 0.05) is 45.4 Å². The number of benzene rings is 1. The van der Waals surface area contributed by atoms with Crippen LogP contribution in [0.2, 0.25) is 0 Å². The number of halogens is 2. The minimum absolute atomic E-state index is 0.0479. The van der Waals surface area contributed by atoms with Crippen LogP contribution < -0.4 is 5.32 Å². The fourth-order valence-corrected chi connectivity index (χ4v) is 5.11. The Bertz CT molecular complexity index is 786. The zero-order valence-electron chi connectivity index (χ0n) is 17.8. The topological polar surface area (TPSA) is 61.9 Å². The average Bonchev–Trinajstić information content (AvgIpc) is 3.47.